The van der Waals surface area contributed by atoms with Gasteiger partial charge < -0.3 is 9.64 Å². The molecule has 118 valence electrons. The van der Waals surface area contributed by atoms with Crippen molar-refractivity contribution in [1.82, 2.24) is 0 Å². The lowest BCUT2D eigenvalue weighted by Crippen LogP contribution is -2.40. The van der Waals surface area contributed by atoms with Crippen LogP contribution in [0.25, 0.3) is 6.08 Å². The van der Waals surface area contributed by atoms with E-state index >= 15 is 0 Å². The number of aryl methyl sites for hydroxylation is 1. The number of amides is 1. The number of hydrogen-bond donors (Lipinski definition) is 0. The molecule has 1 amide bonds. The van der Waals surface area contributed by atoms with Gasteiger partial charge in [-0.25, -0.2) is 0 Å². The Kier molecular flexibility index (Phi) is 4.89. The number of para-hydroxylation sites is 1. The van der Waals surface area contributed by atoms with Crippen LogP contribution in [0.5, 0.6) is 0 Å². The first-order valence-electron chi connectivity index (χ1n) is 7.95. The van der Waals surface area contributed by atoms with Crippen LogP contribution in [-0.4, -0.2) is 25.2 Å². The summed E-state index contributed by atoms with van der Waals surface area (Å²) in [5.41, 5.74) is 3.16. The van der Waals surface area contributed by atoms with E-state index in [-0.39, 0.29) is 11.9 Å². The predicted octanol–water partition coefficient (Wildman–Crippen LogP) is 3.83. The number of carbonyl (C=O) groups excluding carboxylic acids is 1. The summed E-state index contributed by atoms with van der Waals surface area (Å²) in [6, 6.07) is 18.0. The fourth-order valence-corrected chi connectivity index (χ4v) is 2.76. The SMILES string of the molecule is Cc1ccc(C=CC(=O)N(c2ccccc2)C2CCOC2)cc1. The topological polar surface area (TPSA) is 29.5 Å². The Balaban J connectivity index is 1.81. The number of rotatable bonds is 4. The summed E-state index contributed by atoms with van der Waals surface area (Å²) in [6.07, 6.45) is 4.39. The van der Waals surface area contributed by atoms with Gasteiger partial charge >= 0.3 is 0 Å². The molecule has 0 spiro atoms. The smallest absolute Gasteiger partial charge is 0.251 e. The summed E-state index contributed by atoms with van der Waals surface area (Å²) in [5, 5.41) is 0. The quantitative estimate of drug-likeness (QED) is 0.803. The van der Waals surface area contributed by atoms with Crippen molar-refractivity contribution in [2.45, 2.75) is 19.4 Å². The van der Waals surface area contributed by atoms with E-state index in [1.54, 1.807) is 6.08 Å². The van der Waals surface area contributed by atoms with Crippen molar-refractivity contribution in [2.24, 2.45) is 0 Å². The minimum atomic E-state index is -0.00715. The van der Waals surface area contributed by atoms with E-state index < -0.39 is 0 Å². The van der Waals surface area contributed by atoms with Crippen LogP contribution < -0.4 is 4.90 Å². The normalized spacial score (nSPS) is 17.5. The molecular weight excluding hydrogens is 286 g/mol. The third-order valence-corrected chi connectivity index (χ3v) is 4.04. The lowest BCUT2D eigenvalue weighted by molar-refractivity contribution is -0.114. The van der Waals surface area contributed by atoms with Crippen molar-refractivity contribution in [2.75, 3.05) is 18.1 Å². The molecule has 0 aromatic heterocycles. The minimum absolute atomic E-state index is 0.00715. The minimum Gasteiger partial charge on any atom is -0.379 e. The van der Waals surface area contributed by atoms with Gasteiger partial charge in [0.05, 0.1) is 12.6 Å². The highest BCUT2D eigenvalue weighted by atomic mass is 16.5. The Hall–Kier alpha value is -2.39. The Morgan fingerprint density at radius 2 is 1.87 bits per heavy atom. The number of anilines is 1. The zero-order valence-corrected chi connectivity index (χ0v) is 13.3. The van der Waals surface area contributed by atoms with Gasteiger partial charge in [0.2, 0.25) is 0 Å². The molecule has 1 fully saturated rings. The van der Waals surface area contributed by atoms with Crippen LogP contribution in [0.15, 0.2) is 60.7 Å². The Morgan fingerprint density at radius 3 is 2.52 bits per heavy atom. The maximum Gasteiger partial charge on any atom is 0.251 e. The summed E-state index contributed by atoms with van der Waals surface area (Å²) < 4.78 is 5.47. The Bertz CT molecular complexity index is 671. The van der Waals surface area contributed by atoms with E-state index in [0.717, 1.165) is 17.7 Å². The summed E-state index contributed by atoms with van der Waals surface area (Å²) in [4.78, 5) is 14.6. The van der Waals surface area contributed by atoms with Crippen molar-refractivity contribution in [3.8, 4) is 0 Å². The van der Waals surface area contributed by atoms with Crippen molar-refractivity contribution in [3.05, 3.63) is 71.8 Å². The number of benzene rings is 2. The molecule has 0 radical (unpaired) electrons. The second-order valence-corrected chi connectivity index (χ2v) is 5.81. The molecule has 0 aliphatic carbocycles. The van der Waals surface area contributed by atoms with Gasteiger partial charge in [-0.15, -0.1) is 0 Å². The van der Waals surface area contributed by atoms with Crippen LogP contribution in [0.3, 0.4) is 0 Å². The average molecular weight is 307 g/mol. The van der Waals surface area contributed by atoms with Gasteiger partial charge in [0.15, 0.2) is 0 Å². The third-order valence-electron chi connectivity index (χ3n) is 4.04. The summed E-state index contributed by atoms with van der Waals surface area (Å²) in [5.74, 6) is -0.00715. The van der Waals surface area contributed by atoms with Crippen molar-refractivity contribution < 1.29 is 9.53 Å². The molecule has 23 heavy (non-hydrogen) atoms. The molecular formula is C20H21NO2. The third kappa shape index (κ3) is 3.88. The van der Waals surface area contributed by atoms with Crippen LogP contribution in [0.4, 0.5) is 5.69 Å². The van der Waals surface area contributed by atoms with Crippen LogP contribution in [0.2, 0.25) is 0 Å². The molecule has 0 saturated carbocycles. The summed E-state index contributed by atoms with van der Waals surface area (Å²) in [7, 11) is 0. The number of nitrogens with zero attached hydrogens (tertiary/aromatic N) is 1. The van der Waals surface area contributed by atoms with Crippen molar-refractivity contribution >= 4 is 17.7 Å². The molecule has 1 aliphatic rings. The van der Waals surface area contributed by atoms with Gasteiger partial charge in [-0.1, -0.05) is 48.0 Å². The van der Waals surface area contributed by atoms with Crippen molar-refractivity contribution in [1.29, 1.82) is 0 Å². The zero-order chi connectivity index (χ0) is 16.1. The van der Waals surface area contributed by atoms with Crippen LogP contribution in [-0.2, 0) is 9.53 Å². The summed E-state index contributed by atoms with van der Waals surface area (Å²) in [6.45, 7) is 3.36. The highest BCUT2D eigenvalue weighted by molar-refractivity contribution is 6.04. The molecule has 3 nitrogen and oxygen atoms in total. The largest absolute Gasteiger partial charge is 0.379 e. The number of carbonyl (C=O) groups is 1. The van der Waals surface area contributed by atoms with Gasteiger partial charge in [-0.2, -0.15) is 0 Å². The molecule has 1 atom stereocenters. The molecule has 2 aromatic rings. The van der Waals surface area contributed by atoms with Gasteiger partial charge in [0.25, 0.3) is 5.91 Å². The molecule has 1 heterocycles. The second-order valence-electron chi connectivity index (χ2n) is 5.81. The number of hydrogen-bond acceptors (Lipinski definition) is 2. The monoisotopic (exact) mass is 307 g/mol. The average Bonchev–Trinajstić information content (AvgIpc) is 3.10. The molecule has 1 saturated heterocycles. The van der Waals surface area contributed by atoms with Gasteiger partial charge in [0, 0.05) is 18.4 Å². The first-order valence-corrected chi connectivity index (χ1v) is 7.95. The fraction of sp³-hybridized carbons (Fsp3) is 0.250. The molecule has 3 rings (SSSR count). The fourth-order valence-electron chi connectivity index (χ4n) is 2.76. The zero-order valence-electron chi connectivity index (χ0n) is 13.3. The van der Waals surface area contributed by atoms with Gasteiger partial charge in [-0.05, 0) is 37.1 Å². The second kappa shape index (κ2) is 7.25. The molecule has 2 aromatic carbocycles. The maximum absolute atomic E-state index is 12.8. The highest BCUT2D eigenvalue weighted by Gasteiger charge is 2.27. The molecule has 1 aliphatic heterocycles. The van der Waals surface area contributed by atoms with Crippen LogP contribution in [0, 0.1) is 6.92 Å². The maximum atomic E-state index is 12.8. The van der Waals surface area contributed by atoms with Crippen LogP contribution in [0.1, 0.15) is 17.5 Å². The molecule has 3 heteroatoms. The first-order chi connectivity index (χ1) is 11.2. The first kappa shape index (κ1) is 15.5. The van der Waals surface area contributed by atoms with Gasteiger partial charge in [-0.3, -0.25) is 4.79 Å². The highest BCUT2D eigenvalue weighted by Crippen LogP contribution is 2.22. The molecule has 0 N–H and O–H groups in total. The predicted molar refractivity (Wildman–Crippen MR) is 93.4 cm³/mol. The van der Waals surface area contributed by atoms with Crippen LogP contribution >= 0.6 is 0 Å². The standard InChI is InChI=1S/C20H21NO2/c1-16-7-9-17(10-8-16)11-12-20(22)21(19-13-14-23-15-19)18-5-3-2-4-6-18/h2-12,19H,13-15H2,1H3. The van der Waals surface area contributed by atoms with Crippen molar-refractivity contribution in [3.63, 3.8) is 0 Å². The van der Waals surface area contributed by atoms with E-state index in [0.29, 0.717) is 13.2 Å². The van der Waals surface area contributed by atoms with Gasteiger partial charge in [0.1, 0.15) is 0 Å². The Morgan fingerprint density at radius 1 is 1.13 bits per heavy atom. The van der Waals surface area contributed by atoms with E-state index in [4.69, 9.17) is 4.74 Å². The summed E-state index contributed by atoms with van der Waals surface area (Å²) >= 11 is 0. The van der Waals surface area contributed by atoms with E-state index in [1.807, 2.05) is 65.6 Å². The molecule has 1 unspecified atom stereocenters. The van der Waals surface area contributed by atoms with E-state index in [2.05, 4.69) is 6.92 Å². The molecule has 0 bridgehead atoms. The lowest BCUT2D eigenvalue weighted by Gasteiger charge is -2.27. The Labute approximate surface area is 137 Å². The van der Waals surface area contributed by atoms with E-state index in [9.17, 15) is 4.79 Å². The number of ether oxygens (including phenoxy) is 1. The van der Waals surface area contributed by atoms with E-state index in [1.165, 1.54) is 5.56 Å². The lowest BCUT2D eigenvalue weighted by atomic mass is 10.1.